The second-order valence-electron chi connectivity index (χ2n) is 5.17. The molecule has 1 atom stereocenters. The zero-order valence-corrected chi connectivity index (χ0v) is 11.6. The topological polar surface area (TPSA) is 34.1 Å². The van der Waals surface area contributed by atoms with Crippen LogP contribution in [-0.2, 0) is 4.74 Å². The van der Waals surface area contributed by atoms with Crippen LogP contribution in [0, 0.1) is 11.7 Å². The van der Waals surface area contributed by atoms with Gasteiger partial charge in [0.15, 0.2) is 0 Å². The Morgan fingerprint density at radius 1 is 1.47 bits per heavy atom. The summed E-state index contributed by atoms with van der Waals surface area (Å²) in [6.07, 6.45) is 5.79. The van der Waals surface area contributed by atoms with Crippen LogP contribution < -0.4 is 5.32 Å². The maximum atomic E-state index is 13.9. The Bertz CT molecular complexity index is 380. The fourth-order valence-electron chi connectivity index (χ4n) is 2.58. The first kappa shape index (κ1) is 14.4. The van der Waals surface area contributed by atoms with Gasteiger partial charge in [-0.2, -0.15) is 0 Å². The van der Waals surface area contributed by atoms with Crippen molar-refractivity contribution < 1.29 is 9.13 Å². The van der Waals surface area contributed by atoms with Gasteiger partial charge in [0.05, 0.1) is 11.7 Å². The molecule has 0 saturated carbocycles. The number of nitrogens with zero attached hydrogens (tertiary/aromatic N) is 1. The van der Waals surface area contributed by atoms with E-state index in [0.717, 1.165) is 45.4 Å². The smallest absolute Gasteiger partial charge is 0.146 e. The van der Waals surface area contributed by atoms with Gasteiger partial charge in [-0.15, -0.1) is 0 Å². The van der Waals surface area contributed by atoms with E-state index in [1.54, 1.807) is 12.3 Å². The van der Waals surface area contributed by atoms with E-state index in [4.69, 9.17) is 4.74 Å². The highest BCUT2D eigenvalue weighted by Gasteiger charge is 2.22. The molecule has 0 spiro atoms. The molecule has 1 fully saturated rings. The molecule has 2 rings (SSSR count). The van der Waals surface area contributed by atoms with Crippen molar-refractivity contribution in [2.45, 2.75) is 38.6 Å². The Labute approximate surface area is 114 Å². The molecule has 1 N–H and O–H groups in total. The van der Waals surface area contributed by atoms with Crippen molar-refractivity contribution in [3.8, 4) is 0 Å². The monoisotopic (exact) mass is 266 g/mol. The van der Waals surface area contributed by atoms with E-state index in [1.165, 1.54) is 6.07 Å². The van der Waals surface area contributed by atoms with Crippen LogP contribution in [0.1, 0.15) is 44.3 Å². The van der Waals surface area contributed by atoms with E-state index in [1.807, 2.05) is 0 Å². The summed E-state index contributed by atoms with van der Waals surface area (Å²) in [4.78, 5) is 4.23. The second kappa shape index (κ2) is 7.56. The largest absolute Gasteiger partial charge is 0.381 e. The van der Waals surface area contributed by atoms with Gasteiger partial charge < -0.3 is 10.1 Å². The Hall–Kier alpha value is -1.00. The fourth-order valence-corrected chi connectivity index (χ4v) is 2.58. The second-order valence-corrected chi connectivity index (χ2v) is 5.17. The summed E-state index contributed by atoms with van der Waals surface area (Å²) in [6.45, 7) is 4.67. The lowest BCUT2D eigenvalue weighted by molar-refractivity contribution is 0.0602. The van der Waals surface area contributed by atoms with Crippen molar-refractivity contribution in [3.05, 3.63) is 29.8 Å². The molecule has 0 aromatic carbocycles. The molecule has 4 heteroatoms. The molecule has 0 bridgehead atoms. The highest BCUT2D eigenvalue weighted by Crippen LogP contribution is 2.27. The SMILES string of the molecule is CCCNC(CC1CCOCC1)c1ncccc1F. The summed E-state index contributed by atoms with van der Waals surface area (Å²) in [5, 5.41) is 3.43. The number of hydrogen-bond acceptors (Lipinski definition) is 3. The molecule has 1 aliphatic heterocycles. The first-order valence-electron chi connectivity index (χ1n) is 7.22. The van der Waals surface area contributed by atoms with Crippen molar-refractivity contribution in [1.29, 1.82) is 0 Å². The van der Waals surface area contributed by atoms with E-state index in [9.17, 15) is 4.39 Å². The van der Waals surface area contributed by atoms with Gasteiger partial charge in [0.25, 0.3) is 0 Å². The maximum absolute atomic E-state index is 13.9. The van der Waals surface area contributed by atoms with Crippen LogP contribution in [0.3, 0.4) is 0 Å². The molecule has 0 radical (unpaired) electrons. The predicted molar refractivity (Wildman–Crippen MR) is 73.4 cm³/mol. The highest BCUT2D eigenvalue weighted by atomic mass is 19.1. The van der Waals surface area contributed by atoms with Crippen molar-refractivity contribution >= 4 is 0 Å². The van der Waals surface area contributed by atoms with Crippen LogP contribution in [0.15, 0.2) is 18.3 Å². The number of halogens is 1. The van der Waals surface area contributed by atoms with Gasteiger partial charge in [-0.1, -0.05) is 6.92 Å². The summed E-state index contributed by atoms with van der Waals surface area (Å²) >= 11 is 0. The lowest BCUT2D eigenvalue weighted by Crippen LogP contribution is -2.28. The molecular weight excluding hydrogens is 243 g/mol. The number of rotatable bonds is 6. The molecule has 0 amide bonds. The minimum absolute atomic E-state index is 0.0178. The molecule has 0 aliphatic carbocycles. The van der Waals surface area contributed by atoms with Crippen LogP contribution in [0.5, 0.6) is 0 Å². The van der Waals surface area contributed by atoms with E-state index in [0.29, 0.717) is 11.6 Å². The van der Waals surface area contributed by atoms with Crippen molar-refractivity contribution in [2.75, 3.05) is 19.8 Å². The molecule has 19 heavy (non-hydrogen) atoms. The zero-order valence-electron chi connectivity index (χ0n) is 11.6. The third kappa shape index (κ3) is 4.25. The summed E-state index contributed by atoms with van der Waals surface area (Å²) in [5.41, 5.74) is 0.558. The minimum Gasteiger partial charge on any atom is -0.381 e. The third-order valence-electron chi connectivity index (χ3n) is 3.67. The quantitative estimate of drug-likeness (QED) is 0.859. The normalized spacial score (nSPS) is 18.4. The Morgan fingerprint density at radius 2 is 2.26 bits per heavy atom. The highest BCUT2D eigenvalue weighted by molar-refractivity contribution is 5.12. The van der Waals surface area contributed by atoms with Gasteiger partial charge >= 0.3 is 0 Å². The predicted octanol–water partition coefficient (Wildman–Crippen LogP) is 3.08. The van der Waals surface area contributed by atoms with Crippen molar-refractivity contribution in [2.24, 2.45) is 5.92 Å². The average Bonchev–Trinajstić information content (AvgIpc) is 2.45. The van der Waals surface area contributed by atoms with Crippen molar-refractivity contribution in [3.63, 3.8) is 0 Å². The molecule has 1 saturated heterocycles. The average molecular weight is 266 g/mol. The Morgan fingerprint density at radius 3 is 2.95 bits per heavy atom. The first-order valence-corrected chi connectivity index (χ1v) is 7.22. The maximum Gasteiger partial charge on any atom is 0.146 e. The van der Waals surface area contributed by atoms with Crippen LogP contribution in [0.2, 0.25) is 0 Å². The van der Waals surface area contributed by atoms with Gasteiger partial charge in [-0.05, 0) is 50.3 Å². The van der Waals surface area contributed by atoms with Crippen molar-refractivity contribution in [1.82, 2.24) is 10.3 Å². The van der Waals surface area contributed by atoms with E-state index in [-0.39, 0.29) is 11.9 Å². The molecule has 3 nitrogen and oxygen atoms in total. The lowest BCUT2D eigenvalue weighted by Gasteiger charge is -2.27. The van der Waals surface area contributed by atoms with Gasteiger partial charge in [0.1, 0.15) is 5.82 Å². The van der Waals surface area contributed by atoms with E-state index in [2.05, 4.69) is 17.2 Å². The summed E-state index contributed by atoms with van der Waals surface area (Å²) in [5.74, 6) is 0.396. The number of ether oxygens (including phenoxy) is 1. The van der Waals surface area contributed by atoms with Crippen LogP contribution in [-0.4, -0.2) is 24.7 Å². The standard InChI is InChI=1S/C15H23FN2O/c1-2-7-17-14(11-12-5-9-19-10-6-12)15-13(16)4-3-8-18-15/h3-4,8,12,14,17H,2,5-7,9-11H2,1H3. The number of hydrogen-bond donors (Lipinski definition) is 1. The molecule has 1 aromatic heterocycles. The molecule has 1 aromatic rings. The van der Waals surface area contributed by atoms with Crippen LogP contribution in [0.4, 0.5) is 4.39 Å². The van der Waals surface area contributed by atoms with Gasteiger partial charge in [0, 0.05) is 19.4 Å². The number of aromatic nitrogens is 1. The van der Waals surface area contributed by atoms with Crippen LogP contribution >= 0.6 is 0 Å². The van der Waals surface area contributed by atoms with E-state index < -0.39 is 0 Å². The molecular formula is C15H23FN2O. The first-order chi connectivity index (χ1) is 9.31. The summed E-state index contributed by atoms with van der Waals surface area (Å²) in [6, 6.07) is 3.15. The Kier molecular flexibility index (Phi) is 5.73. The minimum atomic E-state index is -0.205. The Balaban J connectivity index is 2.04. The fraction of sp³-hybridized carbons (Fsp3) is 0.667. The summed E-state index contributed by atoms with van der Waals surface area (Å²) in [7, 11) is 0. The van der Waals surface area contributed by atoms with Gasteiger partial charge in [-0.3, -0.25) is 4.98 Å². The van der Waals surface area contributed by atoms with E-state index >= 15 is 0 Å². The lowest BCUT2D eigenvalue weighted by atomic mass is 9.91. The van der Waals surface area contributed by atoms with Crippen LogP contribution in [0.25, 0.3) is 0 Å². The van der Waals surface area contributed by atoms with Gasteiger partial charge in [-0.25, -0.2) is 4.39 Å². The molecule has 2 heterocycles. The van der Waals surface area contributed by atoms with Gasteiger partial charge in [0.2, 0.25) is 0 Å². The molecule has 106 valence electrons. The number of nitrogens with one attached hydrogen (secondary N) is 1. The molecule has 1 aliphatic rings. The zero-order chi connectivity index (χ0) is 13.5. The number of pyridine rings is 1. The molecule has 1 unspecified atom stereocenters. The summed E-state index contributed by atoms with van der Waals surface area (Å²) < 4.78 is 19.3. The third-order valence-corrected chi connectivity index (χ3v) is 3.67.